The van der Waals surface area contributed by atoms with Crippen LogP contribution in [0.4, 0.5) is 10.5 Å². The summed E-state index contributed by atoms with van der Waals surface area (Å²) in [4.78, 5) is 24.2. The first kappa shape index (κ1) is 15.4. The third-order valence-electron chi connectivity index (χ3n) is 4.34. The van der Waals surface area contributed by atoms with Crippen LogP contribution in [0.5, 0.6) is 5.75 Å². The number of furan rings is 1. The summed E-state index contributed by atoms with van der Waals surface area (Å²) in [6, 6.07) is 4.46. The van der Waals surface area contributed by atoms with E-state index in [-0.39, 0.29) is 17.5 Å². The number of anilines is 1. The van der Waals surface area contributed by atoms with E-state index in [1.807, 2.05) is 0 Å². The van der Waals surface area contributed by atoms with Gasteiger partial charge in [0.2, 0.25) is 5.78 Å². The molecule has 1 aliphatic rings. The van der Waals surface area contributed by atoms with Gasteiger partial charge in [0, 0.05) is 11.3 Å². The Morgan fingerprint density at radius 3 is 2.65 bits per heavy atom. The number of hydrogen-bond acceptors (Lipinski definition) is 4. The molecule has 1 aromatic heterocycles. The molecule has 0 radical (unpaired) electrons. The van der Waals surface area contributed by atoms with Gasteiger partial charge in [-0.15, -0.1) is 0 Å². The maximum Gasteiger partial charge on any atom is 0.316 e. The number of carbonyl (C=O) groups is 2. The molecule has 3 N–H and O–H groups in total. The van der Waals surface area contributed by atoms with Crippen molar-refractivity contribution in [1.82, 2.24) is 0 Å². The lowest BCUT2D eigenvalue weighted by Crippen LogP contribution is -2.23. The Morgan fingerprint density at radius 2 is 2.00 bits per heavy atom. The topological polar surface area (TPSA) is 94.6 Å². The fourth-order valence-electron chi connectivity index (χ4n) is 3.17. The Kier molecular flexibility index (Phi) is 4.23. The van der Waals surface area contributed by atoms with E-state index in [9.17, 15) is 9.59 Å². The van der Waals surface area contributed by atoms with Gasteiger partial charge in [0.15, 0.2) is 5.76 Å². The maximum absolute atomic E-state index is 12.8. The van der Waals surface area contributed by atoms with Crippen molar-refractivity contribution in [3.63, 3.8) is 0 Å². The monoisotopic (exact) mass is 316 g/mol. The number of rotatable bonds is 4. The lowest BCUT2D eigenvalue weighted by molar-refractivity contribution is 0.0864. The molecule has 0 spiro atoms. The number of benzene rings is 1. The normalized spacial score (nSPS) is 15.5. The number of ketones is 1. The Labute approximate surface area is 134 Å². The predicted molar refractivity (Wildman–Crippen MR) is 86.9 cm³/mol. The summed E-state index contributed by atoms with van der Waals surface area (Å²) in [6.45, 7) is 0. The smallest absolute Gasteiger partial charge is 0.316 e. The minimum atomic E-state index is -0.729. The van der Waals surface area contributed by atoms with Crippen molar-refractivity contribution < 1.29 is 18.7 Å². The van der Waals surface area contributed by atoms with E-state index >= 15 is 0 Å². The van der Waals surface area contributed by atoms with Gasteiger partial charge in [-0.25, -0.2) is 4.79 Å². The number of nitrogens with two attached hydrogens (primary N) is 1. The molecule has 0 saturated heterocycles. The van der Waals surface area contributed by atoms with Crippen LogP contribution in [0.3, 0.4) is 0 Å². The molecule has 0 atom stereocenters. The first-order valence-corrected chi connectivity index (χ1v) is 7.81. The number of hydrogen-bond donors (Lipinski definition) is 2. The van der Waals surface area contributed by atoms with Gasteiger partial charge in [-0.2, -0.15) is 0 Å². The Bertz CT molecular complexity index is 744. The van der Waals surface area contributed by atoms with Gasteiger partial charge >= 0.3 is 6.03 Å². The van der Waals surface area contributed by atoms with Crippen LogP contribution in [-0.4, -0.2) is 18.9 Å². The van der Waals surface area contributed by atoms with Crippen molar-refractivity contribution in [1.29, 1.82) is 0 Å². The summed E-state index contributed by atoms with van der Waals surface area (Å²) in [6.07, 6.45) is 4.96. The number of amides is 2. The minimum absolute atomic E-state index is 0.0559. The van der Waals surface area contributed by atoms with Crippen molar-refractivity contribution in [3.8, 4) is 5.75 Å². The van der Waals surface area contributed by atoms with E-state index in [1.54, 1.807) is 25.3 Å². The van der Waals surface area contributed by atoms with E-state index in [2.05, 4.69) is 5.32 Å². The van der Waals surface area contributed by atoms with E-state index in [4.69, 9.17) is 14.9 Å². The number of methoxy groups -OCH3 is 1. The van der Waals surface area contributed by atoms with Crippen LogP contribution < -0.4 is 15.8 Å². The summed E-state index contributed by atoms with van der Waals surface area (Å²) < 4.78 is 10.9. The third-order valence-corrected chi connectivity index (χ3v) is 4.34. The Hall–Kier alpha value is -2.50. The van der Waals surface area contributed by atoms with Crippen LogP contribution in [0.15, 0.2) is 22.6 Å². The zero-order valence-electron chi connectivity index (χ0n) is 13.1. The third kappa shape index (κ3) is 3.02. The van der Waals surface area contributed by atoms with Crippen molar-refractivity contribution >= 4 is 28.5 Å². The molecule has 1 heterocycles. The molecule has 1 fully saturated rings. The van der Waals surface area contributed by atoms with Crippen molar-refractivity contribution in [3.05, 3.63) is 24.0 Å². The highest BCUT2D eigenvalue weighted by molar-refractivity contribution is 6.11. The van der Waals surface area contributed by atoms with Gasteiger partial charge < -0.3 is 20.2 Å². The average molecular weight is 316 g/mol. The molecular weight excluding hydrogens is 296 g/mol. The minimum Gasteiger partial charge on any atom is -0.497 e. The van der Waals surface area contributed by atoms with Gasteiger partial charge in [0.1, 0.15) is 17.0 Å². The molecule has 23 heavy (non-hydrogen) atoms. The van der Waals surface area contributed by atoms with Gasteiger partial charge in [-0.05, 0) is 31.0 Å². The number of carbonyl (C=O) groups excluding carboxylic acids is 2. The number of fused-ring (bicyclic) bond motifs is 1. The van der Waals surface area contributed by atoms with Gasteiger partial charge in [-0.3, -0.25) is 4.79 Å². The van der Waals surface area contributed by atoms with Gasteiger partial charge in [0.05, 0.1) is 7.11 Å². The van der Waals surface area contributed by atoms with E-state index in [0.29, 0.717) is 22.4 Å². The van der Waals surface area contributed by atoms with Gasteiger partial charge in [-0.1, -0.05) is 19.3 Å². The molecule has 1 aliphatic carbocycles. The summed E-state index contributed by atoms with van der Waals surface area (Å²) in [5.41, 5.74) is 6.12. The first-order valence-electron chi connectivity index (χ1n) is 7.81. The summed E-state index contributed by atoms with van der Waals surface area (Å²) >= 11 is 0. The number of primary amides is 1. The highest BCUT2D eigenvalue weighted by Crippen LogP contribution is 2.37. The van der Waals surface area contributed by atoms with Crippen LogP contribution in [0, 0.1) is 5.92 Å². The summed E-state index contributed by atoms with van der Waals surface area (Å²) in [5.74, 6) is 0.671. The van der Waals surface area contributed by atoms with Crippen LogP contribution >= 0.6 is 0 Å². The Balaban J connectivity index is 2.06. The number of urea groups is 1. The first-order chi connectivity index (χ1) is 11.1. The van der Waals surface area contributed by atoms with Crippen molar-refractivity contribution in [2.75, 3.05) is 12.4 Å². The highest BCUT2D eigenvalue weighted by Gasteiger charge is 2.29. The summed E-state index contributed by atoms with van der Waals surface area (Å²) in [7, 11) is 1.55. The molecule has 3 rings (SSSR count). The fourth-order valence-corrected chi connectivity index (χ4v) is 3.17. The van der Waals surface area contributed by atoms with Crippen LogP contribution in [0.2, 0.25) is 0 Å². The average Bonchev–Trinajstić information content (AvgIpc) is 2.92. The molecule has 122 valence electrons. The zero-order chi connectivity index (χ0) is 16.4. The van der Waals surface area contributed by atoms with E-state index in [1.165, 1.54) is 0 Å². The second-order valence-corrected chi connectivity index (χ2v) is 5.86. The molecule has 0 bridgehead atoms. The van der Waals surface area contributed by atoms with Crippen LogP contribution in [0.25, 0.3) is 11.0 Å². The zero-order valence-corrected chi connectivity index (χ0v) is 13.1. The fraction of sp³-hybridized carbons (Fsp3) is 0.412. The molecule has 2 aromatic rings. The Morgan fingerprint density at radius 1 is 1.26 bits per heavy atom. The molecule has 0 unspecified atom stereocenters. The van der Waals surface area contributed by atoms with E-state index < -0.39 is 6.03 Å². The van der Waals surface area contributed by atoms with Crippen LogP contribution in [0.1, 0.15) is 42.7 Å². The standard InChI is InChI=1S/C17H20N2O4/c1-22-11-7-8-13-12(9-11)14(19-17(18)21)16(23-13)15(20)10-5-3-2-4-6-10/h7-10H,2-6H2,1H3,(H3,18,19,21). The van der Waals surface area contributed by atoms with Gasteiger partial charge in [0.25, 0.3) is 0 Å². The van der Waals surface area contributed by atoms with Crippen molar-refractivity contribution in [2.24, 2.45) is 11.7 Å². The van der Waals surface area contributed by atoms with Crippen LogP contribution in [-0.2, 0) is 0 Å². The molecule has 1 aromatic carbocycles. The molecule has 1 saturated carbocycles. The molecule has 2 amide bonds. The second-order valence-electron chi connectivity index (χ2n) is 5.86. The lowest BCUT2D eigenvalue weighted by Gasteiger charge is -2.19. The van der Waals surface area contributed by atoms with Crippen molar-refractivity contribution in [2.45, 2.75) is 32.1 Å². The number of ether oxygens (including phenoxy) is 1. The van der Waals surface area contributed by atoms with E-state index in [0.717, 1.165) is 32.1 Å². The maximum atomic E-state index is 12.8. The number of Topliss-reactive ketones (excluding diaryl/α,β-unsaturated/α-hetero) is 1. The number of nitrogens with one attached hydrogen (secondary N) is 1. The lowest BCUT2D eigenvalue weighted by atomic mass is 9.85. The molecule has 6 nitrogen and oxygen atoms in total. The molecule has 6 heteroatoms. The predicted octanol–water partition coefficient (Wildman–Crippen LogP) is 3.70. The molecule has 0 aliphatic heterocycles. The highest BCUT2D eigenvalue weighted by atomic mass is 16.5. The second kappa shape index (κ2) is 6.32. The largest absolute Gasteiger partial charge is 0.497 e. The summed E-state index contributed by atoms with van der Waals surface area (Å²) in [5, 5.41) is 3.15. The molecular formula is C17H20N2O4. The quantitative estimate of drug-likeness (QED) is 0.841. The SMILES string of the molecule is COc1ccc2oc(C(=O)C3CCCCC3)c(NC(N)=O)c2c1.